The molecule has 4 N–H and O–H groups in total. The molecule has 0 aliphatic rings. The number of H-pyrrole nitrogens is 2. The van der Waals surface area contributed by atoms with Crippen molar-refractivity contribution in [3.8, 4) is 11.4 Å². The summed E-state index contributed by atoms with van der Waals surface area (Å²) in [6.07, 6.45) is 2.13. The minimum atomic E-state index is -0.442. The van der Waals surface area contributed by atoms with Crippen molar-refractivity contribution in [2.24, 2.45) is 0 Å². The highest BCUT2D eigenvalue weighted by molar-refractivity contribution is 9.10. The Morgan fingerprint density at radius 2 is 2.03 bits per heavy atom. The number of nitrogens with zero attached hydrogens (tertiary/aromatic N) is 1. The molecule has 4 aromatic rings. The van der Waals surface area contributed by atoms with E-state index in [1.54, 1.807) is 31.3 Å². The Morgan fingerprint density at radius 3 is 2.76 bits per heavy atom. The highest BCUT2D eigenvalue weighted by atomic mass is 79.9. The van der Waals surface area contributed by atoms with Gasteiger partial charge in [-0.25, -0.2) is 9.78 Å². The molecule has 1 atom stereocenters. The average Bonchev–Trinajstić information content (AvgIpc) is 3.24. The van der Waals surface area contributed by atoms with Gasteiger partial charge in [-0.05, 0) is 53.0 Å². The van der Waals surface area contributed by atoms with Crippen molar-refractivity contribution in [3.05, 3.63) is 80.7 Å². The summed E-state index contributed by atoms with van der Waals surface area (Å²) >= 11 is 3.45. The van der Waals surface area contributed by atoms with Gasteiger partial charge in [0.2, 0.25) is 0 Å². The molecule has 33 heavy (non-hydrogen) atoms. The number of aliphatic hydroxyl groups is 1. The summed E-state index contributed by atoms with van der Waals surface area (Å²) in [7, 11) is 0. The van der Waals surface area contributed by atoms with Gasteiger partial charge in [0.15, 0.2) is 0 Å². The van der Waals surface area contributed by atoms with E-state index >= 15 is 0 Å². The van der Waals surface area contributed by atoms with E-state index in [2.05, 4.69) is 36.2 Å². The minimum Gasteiger partial charge on any atom is -0.462 e. The monoisotopic (exact) mass is 510 g/mol. The van der Waals surface area contributed by atoms with E-state index in [0.29, 0.717) is 44.6 Å². The number of aromatic amines is 2. The molecule has 0 saturated heterocycles. The van der Waals surface area contributed by atoms with Crippen LogP contribution in [-0.4, -0.2) is 45.3 Å². The number of fused-ring (bicyclic) bond motifs is 1. The molecule has 2 heterocycles. The van der Waals surface area contributed by atoms with Gasteiger partial charge in [-0.15, -0.1) is 0 Å². The van der Waals surface area contributed by atoms with Gasteiger partial charge in [-0.3, -0.25) is 4.79 Å². The molecule has 2 aromatic heterocycles. The molecule has 0 radical (unpaired) electrons. The number of ether oxygens (including phenoxy) is 1. The standard InChI is InChI=1S/C24H23BrN4O4/c1-2-33-24(32)15-11-17(25)21-19(12-15)28-22(29-21)20-18(8-9-26-23(20)31)27-16(13-30)10-14-6-4-3-5-7-14/h3-9,11-12,16,30H,2,10,13H2,1H3,(H,28,29)(H2,26,27,31)/t16-/m0/s1. The van der Waals surface area contributed by atoms with Gasteiger partial charge in [-0.1, -0.05) is 30.3 Å². The van der Waals surface area contributed by atoms with Crippen molar-refractivity contribution in [1.82, 2.24) is 15.0 Å². The van der Waals surface area contributed by atoms with Crippen LogP contribution >= 0.6 is 15.9 Å². The van der Waals surface area contributed by atoms with Gasteiger partial charge < -0.3 is 25.1 Å². The SMILES string of the molecule is CCOC(=O)c1cc(Br)c2nc(-c3c(N[C@H](CO)Cc4ccccc4)cc[nH]c3=O)[nH]c2c1. The Morgan fingerprint density at radius 1 is 1.24 bits per heavy atom. The second kappa shape index (κ2) is 10.0. The summed E-state index contributed by atoms with van der Waals surface area (Å²) in [5, 5.41) is 13.2. The number of aromatic nitrogens is 3. The number of hydrogen-bond donors (Lipinski definition) is 4. The molecular weight excluding hydrogens is 488 g/mol. The summed E-state index contributed by atoms with van der Waals surface area (Å²) in [6, 6.07) is 14.5. The van der Waals surface area contributed by atoms with E-state index in [0.717, 1.165) is 5.56 Å². The van der Waals surface area contributed by atoms with Gasteiger partial charge >= 0.3 is 5.97 Å². The molecule has 0 bridgehead atoms. The highest BCUT2D eigenvalue weighted by Crippen LogP contribution is 2.30. The molecule has 0 amide bonds. The summed E-state index contributed by atoms with van der Waals surface area (Å²) in [5.41, 5.74) is 3.11. The number of rotatable bonds is 8. The summed E-state index contributed by atoms with van der Waals surface area (Å²) < 4.78 is 5.69. The first-order chi connectivity index (χ1) is 16.0. The van der Waals surface area contributed by atoms with E-state index in [4.69, 9.17) is 4.74 Å². The van der Waals surface area contributed by atoms with Crippen LogP contribution in [0.25, 0.3) is 22.4 Å². The van der Waals surface area contributed by atoms with Gasteiger partial charge in [-0.2, -0.15) is 0 Å². The Labute approximate surface area is 198 Å². The lowest BCUT2D eigenvalue weighted by Gasteiger charge is -2.19. The molecule has 0 unspecified atom stereocenters. The normalized spacial score (nSPS) is 12.0. The Kier molecular flexibility index (Phi) is 6.90. The second-order valence-corrected chi connectivity index (χ2v) is 8.32. The van der Waals surface area contributed by atoms with Crippen LogP contribution in [0.4, 0.5) is 5.69 Å². The molecule has 9 heteroatoms. The van der Waals surface area contributed by atoms with Crippen molar-refractivity contribution in [3.63, 3.8) is 0 Å². The van der Waals surface area contributed by atoms with E-state index in [9.17, 15) is 14.7 Å². The predicted molar refractivity (Wildman–Crippen MR) is 130 cm³/mol. The van der Waals surface area contributed by atoms with Crippen molar-refractivity contribution < 1.29 is 14.6 Å². The number of esters is 1. The van der Waals surface area contributed by atoms with Crippen molar-refractivity contribution in [2.75, 3.05) is 18.5 Å². The lowest BCUT2D eigenvalue weighted by molar-refractivity contribution is 0.0526. The molecule has 0 aliphatic heterocycles. The number of benzene rings is 2. The number of aliphatic hydroxyl groups excluding tert-OH is 1. The van der Waals surface area contributed by atoms with Crippen molar-refractivity contribution in [1.29, 1.82) is 0 Å². The Balaban J connectivity index is 1.71. The second-order valence-electron chi connectivity index (χ2n) is 7.47. The van der Waals surface area contributed by atoms with Gasteiger partial charge in [0, 0.05) is 10.7 Å². The molecule has 170 valence electrons. The maximum Gasteiger partial charge on any atom is 0.338 e. The first-order valence-corrected chi connectivity index (χ1v) is 11.3. The molecule has 8 nitrogen and oxygen atoms in total. The van der Waals surface area contributed by atoms with Crippen LogP contribution < -0.4 is 10.9 Å². The number of anilines is 1. The molecule has 0 aliphatic carbocycles. The Hall–Kier alpha value is -3.43. The van der Waals surface area contributed by atoms with E-state index < -0.39 is 5.97 Å². The largest absolute Gasteiger partial charge is 0.462 e. The van der Waals surface area contributed by atoms with Crippen LogP contribution in [0.5, 0.6) is 0 Å². The van der Waals surface area contributed by atoms with Crippen LogP contribution in [-0.2, 0) is 11.2 Å². The molecule has 4 rings (SSSR count). The summed E-state index contributed by atoms with van der Waals surface area (Å²) in [6.45, 7) is 1.90. The number of imidazole rings is 1. The minimum absolute atomic E-state index is 0.115. The third kappa shape index (κ3) is 4.99. The fourth-order valence-electron chi connectivity index (χ4n) is 3.64. The zero-order valence-corrected chi connectivity index (χ0v) is 19.5. The molecular formula is C24H23BrN4O4. The van der Waals surface area contributed by atoms with E-state index in [1.807, 2.05) is 30.3 Å². The van der Waals surface area contributed by atoms with Crippen LogP contribution in [0.1, 0.15) is 22.8 Å². The van der Waals surface area contributed by atoms with Crippen LogP contribution in [0, 0.1) is 0 Å². The first kappa shape index (κ1) is 22.8. The fraction of sp³-hybridized carbons (Fsp3) is 0.208. The molecule has 0 fully saturated rings. The maximum atomic E-state index is 12.8. The number of carbonyl (C=O) groups is 1. The highest BCUT2D eigenvalue weighted by Gasteiger charge is 2.19. The molecule has 2 aromatic carbocycles. The number of halogens is 1. The quantitative estimate of drug-likeness (QED) is 0.267. The smallest absolute Gasteiger partial charge is 0.338 e. The number of pyridine rings is 1. The summed E-state index contributed by atoms with van der Waals surface area (Å²) in [5.74, 6) is -0.102. The lowest BCUT2D eigenvalue weighted by atomic mass is 10.1. The third-order valence-electron chi connectivity index (χ3n) is 5.15. The number of hydrogen-bond acceptors (Lipinski definition) is 6. The zero-order chi connectivity index (χ0) is 23.4. The van der Waals surface area contributed by atoms with Crippen LogP contribution in [0.15, 0.2) is 64.0 Å². The molecule has 0 saturated carbocycles. The summed E-state index contributed by atoms with van der Waals surface area (Å²) in [4.78, 5) is 35.4. The zero-order valence-electron chi connectivity index (χ0n) is 17.9. The van der Waals surface area contributed by atoms with Crippen LogP contribution in [0.2, 0.25) is 0 Å². The maximum absolute atomic E-state index is 12.8. The van der Waals surface area contributed by atoms with Crippen molar-refractivity contribution in [2.45, 2.75) is 19.4 Å². The van der Waals surface area contributed by atoms with Crippen LogP contribution in [0.3, 0.4) is 0 Å². The topological polar surface area (TPSA) is 120 Å². The fourth-order valence-corrected chi connectivity index (χ4v) is 4.19. The number of nitrogens with one attached hydrogen (secondary N) is 3. The predicted octanol–water partition coefficient (Wildman–Crippen LogP) is 3.87. The lowest BCUT2D eigenvalue weighted by Crippen LogP contribution is -2.28. The van der Waals surface area contributed by atoms with E-state index in [-0.39, 0.29) is 24.8 Å². The first-order valence-electron chi connectivity index (χ1n) is 10.5. The Bertz CT molecular complexity index is 1330. The van der Waals surface area contributed by atoms with E-state index in [1.165, 1.54) is 0 Å². The molecule has 0 spiro atoms. The third-order valence-corrected chi connectivity index (χ3v) is 5.76. The van der Waals surface area contributed by atoms with Gasteiger partial charge in [0.05, 0.1) is 36.0 Å². The van der Waals surface area contributed by atoms with Gasteiger partial charge in [0.1, 0.15) is 16.9 Å². The van der Waals surface area contributed by atoms with Gasteiger partial charge in [0.25, 0.3) is 5.56 Å². The number of carbonyl (C=O) groups excluding carboxylic acids is 1. The van der Waals surface area contributed by atoms with Crippen molar-refractivity contribution >= 4 is 38.6 Å². The average molecular weight is 511 g/mol.